The summed E-state index contributed by atoms with van der Waals surface area (Å²) >= 11 is 0. The number of nitrogens with zero attached hydrogens (tertiary/aromatic N) is 2. The summed E-state index contributed by atoms with van der Waals surface area (Å²) in [5, 5.41) is 6.77. The Morgan fingerprint density at radius 2 is 1.93 bits per heavy atom. The lowest BCUT2D eigenvalue weighted by atomic mass is 10.1. The maximum atomic E-state index is 12.5. The second kappa shape index (κ2) is 9.23. The van der Waals surface area contributed by atoms with Gasteiger partial charge in [-0.2, -0.15) is 4.98 Å². The van der Waals surface area contributed by atoms with Crippen LogP contribution in [0.15, 0.2) is 47.0 Å². The van der Waals surface area contributed by atoms with Crippen LogP contribution in [0.3, 0.4) is 0 Å². The van der Waals surface area contributed by atoms with Crippen molar-refractivity contribution < 1.29 is 18.8 Å². The molecule has 2 aromatic carbocycles. The molecule has 152 valence electrons. The van der Waals surface area contributed by atoms with Crippen LogP contribution in [0.5, 0.6) is 11.5 Å². The first-order valence-corrected chi connectivity index (χ1v) is 9.48. The lowest BCUT2D eigenvalue weighted by molar-refractivity contribution is -0.128. The van der Waals surface area contributed by atoms with Crippen molar-refractivity contribution in [2.75, 3.05) is 7.11 Å². The van der Waals surface area contributed by atoms with Crippen molar-refractivity contribution in [2.45, 2.75) is 39.8 Å². The highest BCUT2D eigenvalue weighted by Crippen LogP contribution is 2.21. The first kappa shape index (κ1) is 20.4. The van der Waals surface area contributed by atoms with Gasteiger partial charge >= 0.3 is 0 Å². The highest BCUT2D eigenvalue weighted by molar-refractivity contribution is 5.81. The molecule has 1 heterocycles. The number of carbonyl (C=O) groups excluding carboxylic acids is 1. The zero-order valence-corrected chi connectivity index (χ0v) is 17.1. The molecule has 0 saturated carbocycles. The van der Waals surface area contributed by atoms with Crippen molar-refractivity contribution in [2.24, 2.45) is 0 Å². The second-order valence-corrected chi connectivity index (χ2v) is 6.74. The summed E-state index contributed by atoms with van der Waals surface area (Å²) in [6.45, 7) is 6.02. The van der Waals surface area contributed by atoms with E-state index >= 15 is 0 Å². The molecule has 7 nitrogen and oxygen atoms in total. The van der Waals surface area contributed by atoms with E-state index in [2.05, 4.69) is 15.5 Å². The van der Waals surface area contributed by atoms with Gasteiger partial charge in [-0.15, -0.1) is 0 Å². The quantitative estimate of drug-likeness (QED) is 0.624. The predicted molar refractivity (Wildman–Crippen MR) is 109 cm³/mol. The van der Waals surface area contributed by atoms with Crippen LogP contribution in [0.4, 0.5) is 0 Å². The normalized spacial score (nSPS) is 11.7. The van der Waals surface area contributed by atoms with Crippen LogP contribution in [-0.2, 0) is 11.3 Å². The summed E-state index contributed by atoms with van der Waals surface area (Å²) in [6, 6.07) is 13.2. The van der Waals surface area contributed by atoms with Crippen LogP contribution >= 0.6 is 0 Å². The molecule has 0 radical (unpaired) electrons. The maximum absolute atomic E-state index is 12.5. The van der Waals surface area contributed by atoms with E-state index in [0.717, 1.165) is 22.4 Å². The van der Waals surface area contributed by atoms with Crippen molar-refractivity contribution in [3.63, 3.8) is 0 Å². The molecule has 0 spiro atoms. The van der Waals surface area contributed by atoms with E-state index in [1.54, 1.807) is 7.11 Å². The number of aromatic nitrogens is 2. The van der Waals surface area contributed by atoms with Gasteiger partial charge in [-0.05, 0) is 56.2 Å². The monoisotopic (exact) mass is 395 g/mol. The lowest BCUT2D eigenvalue weighted by Crippen LogP contribution is -2.37. The number of ether oxygens (including phenoxy) is 2. The van der Waals surface area contributed by atoms with Gasteiger partial charge in [0, 0.05) is 5.56 Å². The molecular weight excluding hydrogens is 370 g/mol. The summed E-state index contributed by atoms with van der Waals surface area (Å²) in [4.78, 5) is 16.9. The summed E-state index contributed by atoms with van der Waals surface area (Å²) < 4.78 is 16.3. The third kappa shape index (κ3) is 5.13. The summed E-state index contributed by atoms with van der Waals surface area (Å²) in [5.74, 6) is 2.01. The Kier molecular flexibility index (Phi) is 6.49. The fourth-order valence-electron chi connectivity index (χ4n) is 2.87. The van der Waals surface area contributed by atoms with Gasteiger partial charge in [-0.3, -0.25) is 4.79 Å². The Balaban J connectivity index is 1.59. The number of aryl methyl sites for hydroxylation is 2. The molecule has 1 aromatic heterocycles. The predicted octanol–water partition coefficient (Wildman–Crippen LogP) is 3.84. The number of benzene rings is 2. The highest BCUT2D eigenvalue weighted by Gasteiger charge is 2.20. The topological polar surface area (TPSA) is 86.5 Å². The van der Waals surface area contributed by atoms with Gasteiger partial charge in [0.05, 0.1) is 13.7 Å². The third-order valence-electron chi connectivity index (χ3n) is 4.49. The zero-order valence-electron chi connectivity index (χ0n) is 17.1. The van der Waals surface area contributed by atoms with Crippen molar-refractivity contribution >= 4 is 5.91 Å². The van der Waals surface area contributed by atoms with E-state index in [1.807, 2.05) is 63.2 Å². The second-order valence-electron chi connectivity index (χ2n) is 6.74. The van der Waals surface area contributed by atoms with Gasteiger partial charge < -0.3 is 19.3 Å². The van der Waals surface area contributed by atoms with Gasteiger partial charge in [0.2, 0.25) is 11.7 Å². The van der Waals surface area contributed by atoms with Gasteiger partial charge in [0.25, 0.3) is 5.91 Å². The van der Waals surface area contributed by atoms with Gasteiger partial charge in [-0.25, -0.2) is 0 Å². The van der Waals surface area contributed by atoms with Crippen LogP contribution in [0.25, 0.3) is 11.4 Å². The van der Waals surface area contributed by atoms with Gasteiger partial charge in [0.15, 0.2) is 6.10 Å². The van der Waals surface area contributed by atoms with E-state index in [4.69, 9.17) is 14.0 Å². The van der Waals surface area contributed by atoms with Crippen LogP contribution in [0.1, 0.15) is 30.4 Å². The Hall–Kier alpha value is -3.35. The smallest absolute Gasteiger partial charge is 0.261 e. The minimum Gasteiger partial charge on any atom is -0.497 e. The SMILES string of the molecule is CC[C@H](Oc1ccc(C)cc1C)C(=O)NCc1nc(-c2ccc(OC)cc2)no1. The standard InChI is InChI=1S/C22H25N3O4/c1-5-18(28-19-11-6-14(2)12-15(19)3)22(26)23-13-20-24-21(25-29-20)16-7-9-17(27-4)10-8-16/h6-12,18H,5,13H2,1-4H3,(H,23,26)/t18-/m0/s1. The molecule has 3 aromatic rings. The largest absolute Gasteiger partial charge is 0.497 e. The molecule has 0 aliphatic rings. The van der Waals surface area contributed by atoms with Crippen molar-refractivity contribution in [1.29, 1.82) is 0 Å². The first-order valence-electron chi connectivity index (χ1n) is 9.48. The van der Waals surface area contributed by atoms with Crippen LogP contribution in [0, 0.1) is 13.8 Å². The highest BCUT2D eigenvalue weighted by atomic mass is 16.5. The first-order chi connectivity index (χ1) is 14.0. The molecule has 0 unspecified atom stereocenters. The molecule has 7 heteroatoms. The van der Waals surface area contributed by atoms with Gasteiger partial charge in [0.1, 0.15) is 11.5 Å². The molecule has 1 amide bonds. The number of hydrogen-bond donors (Lipinski definition) is 1. The molecule has 0 fully saturated rings. The number of nitrogens with one attached hydrogen (secondary N) is 1. The third-order valence-corrected chi connectivity index (χ3v) is 4.49. The molecular formula is C22H25N3O4. The molecule has 0 aliphatic carbocycles. The Morgan fingerprint density at radius 1 is 1.17 bits per heavy atom. The van der Waals surface area contributed by atoms with E-state index in [1.165, 1.54) is 0 Å². The van der Waals surface area contributed by atoms with Crippen molar-refractivity contribution in [1.82, 2.24) is 15.5 Å². The number of methoxy groups -OCH3 is 1. The molecule has 0 saturated heterocycles. The molecule has 29 heavy (non-hydrogen) atoms. The number of rotatable bonds is 8. The summed E-state index contributed by atoms with van der Waals surface area (Å²) in [6.07, 6.45) is -0.0551. The Labute approximate surface area is 170 Å². The lowest BCUT2D eigenvalue weighted by Gasteiger charge is -2.18. The van der Waals surface area contributed by atoms with Gasteiger partial charge in [-0.1, -0.05) is 29.8 Å². The van der Waals surface area contributed by atoms with E-state index < -0.39 is 6.10 Å². The zero-order chi connectivity index (χ0) is 20.8. The van der Waals surface area contributed by atoms with Crippen LogP contribution in [0.2, 0.25) is 0 Å². The molecule has 0 bridgehead atoms. The molecule has 1 atom stereocenters. The molecule has 1 N–H and O–H groups in total. The molecule has 0 aliphatic heterocycles. The van der Waals surface area contributed by atoms with Crippen LogP contribution < -0.4 is 14.8 Å². The fourth-order valence-corrected chi connectivity index (χ4v) is 2.87. The van der Waals surface area contributed by atoms with E-state index in [0.29, 0.717) is 23.9 Å². The average Bonchev–Trinajstić information content (AvgIpc) is 3.20. The summed E-state index contributed by atoms with van der Waals surface area (Å²) in [5.41, 5.74) is 2.95. The minimum absolute atomic E-state index is 0.134. The summed E-state index contributed by atoms with van der Waals surface area (Å²) in [7, 11) is 1.61. The van der Waals surface area contributed by atoms with Crippen molar-refractivity contribution in [3.8, 4) is 22.9 Å². The minimum atomic E-state index is -0.597. The van der Waals surface area contributed by atoms with Crippen molar-refractivity contribution in [3.05, 3.63) is 59.5 Å². The fraction of sp³-hybridized carbons (Fsp3) is 0.318. The van der Waals surface area contributed by atoms with E-state index in [-0.39, 0.29) is 12.5 Å². The number of amides is 1. The maximum Gasteiger partial charge on any atom is 0.261 e. The number of hydrogen-bond acceptors (Lipinski definition) is 6. The molecule has 3 rings (SSSR count). The Bertz CT molecular complexity index is 966. The Morgan fingerprint density at radius 3 is 2.59 bits per heavy atom. The van der Waals surface area contributed by atoms with Crippen LogP contribution in [-0.4, -0.2) is 29.3 Å². The number of carbonyl (C=O) groups is 1. The average molecular weight is 395 g/mol. The van der Waals surface area contributed by atoms with E-state index in [9.17, 15) is 4.79 Å².